The third-order valence-corrected chi connectivity index (χ3v) is 6.82. The van der Waals surface area contributed by atoms with Crippen molar-refractivity contribution in [1.82, 2.24) is 9.80 Å². The van der Waals surface area contributed by atoms with Gasteiger partial charge in [0.25, 0.3) is 0 Å². The highest BCUT2D eigenvalue weighted by Crippen LogP contribution is 2.54. The van der Waals surface area contributed by atoms with Gasteiger partial charge in [-0.25, -0.2) is 0 Å². The number of aliphatic hydroxyl groups excluding tert-OH is 1. The molecule has 0 aromatic rings. The van der Waals surface area contributed by atoms with Crippen molar-refractivity contribution in [2.24, 2.45) is 17.8 Å². The van der Waals surface area contributed by atoms with Crippen molar-refractivity contribution in [1.29, 1.82) is 0 Å². The van der Waals surface area contributed by atoms with Crippen LogP contribution in [-0.2, 0) is 23.9 Å². The van der Waals surface area contributed by atoms with E-state index < -0.39 is 41.6 Å². The minimum Gasteiger partial charge on any atom is -0.461 e. The third-order valence-electron chi connectivity index (χ3n) is 6.82. The molecule has 4 aliphatic rings. The smallest absolute Gasteiger partial charge is 0.313 e. The molecule has 0 saturated carbocycles. The van der Waals surface area contributed by atoms with Crippen molar-refractivity contribution in [2.75, 3.05) is 19.8 Å². The highest BCUT2D eigenvalue weighted by atomic mass is 16.6. The van der Waals surface area contributed by atoms with Gasteiger partial charge in [-0.15, -0.1) is 0 Å². The van der Waals surface area contributed by atoms with Crippen LogP contribution in [0.4, 0.5) is 0 Å². The molecule has 30 heavy (non-hydrogen) atoms. The molecule has 4 heterocycles. The molecule has 6 atom stereocenters. The lowest BCUT2D eigenvalue weighted by atomic mass is 9.78. The van der Waals surface area contributed by atoms with E-state index in [0.717, 1.165) is 0 Å². The summed E-state index contributed by atoms with van der Waals surface area (Å²) in [5.41, 5.74) is -1.27. The van der Waals surface area contributed by atoms with Crippen LogP contribution in [0.3, 0.4) is 0 Å². The van der Waals surface area contributed by atoms with Crippen molar-refractivity contribution in [3.05, 3.63) is 24.3 Å². The Kier molecular flexibility index (Phi) is 5.26. The monoisotopic (exact) mass is 418 g/mol. The number of likely N-dealkylation sites (tertiary alicyclic amines) is 1. The number of carbonyl (C=O) groups excluding carboxylic acids is 3. The first-order chi connectivity index (χ1) is 14.2. The molecular formula is C22H30N2O6. The lowest BCUT2D eigenvalue weighted by molar-refractivity contribution is -0.156. The molecule has 0 aliphatic carbocycles. The van der Waals surface area contributed by atoms with Crippen molar-refractivity contribution < 1.29 is 29.0 Å². The molecule has 8 heteroatoms. The van der Waals surface area contributed by atoms with E-state index in [-0.39, 0.29) is 37.0 Å². The number of hydrogen-bond acceptors (Lipinski definition) is 6. The lowest BCUT2D eigenvalue weighted by Gasteiger charge is -2.40. The second-order valence-electron chi connectivity index (χ2n) is 9.13. The van der Waals surface area contributed by atoms with Crippen LogP contribution in [0.1, 0.15) is 27.7 Å². The molecule has 0 aromatic heterocycles. The van der Waals surface area contributed by atoms with Gasteiger partial charge in [0.2, 0.25) is 11.8 Å². The topological polar surface area (TPSA) is 96.4 Å². The number of amides is 2. The minimum absolute atomic E-state index is 0.0725. The molecule has 2 saturated heterocycles. The first-order valence-corrected chi connectivity index (χ1v) is 10.7. The van der Waals surface area contributed by atoms with E-state index in [1.54, 1.807) is 23.1 Å². The number of carbonyl (C=O) groups is 3. The van der Waals surface area contributed by atoms with Gasteiger partial charge in [-0.1, -0.05) is 32.1 Å². The molecule has 1 N–H and O–H groups in total. The average molecular weight is 418 g/mol. The molecule has 0 radical (unpaired) electrons. The molecular weight excluding hydrogens is 388 g/mol. The normalized spacial score (nSPS) is 36.6. The number of fused-ring (bicyclic) bond motifs is 2. The Morgan fingerprint density at radius 2 is 1.90 bits per heavy atom. The van der Waals surface area contributed by atoms with E-state index >= 15 is 0 Å². The van der Waals surface area contributed by atoms with Crippen molar-refractivity contribution in [3.8, 4) is 0 Å². The predicted octanol–water partition coefficient (Wildman–Crippen LogP) is 0.504. The lowest BCUT2D eigenvalue weighted by Crippen LogP contribution is -2.59. The molecule has 2 amide bonds. The van der Waals surface area contributed by atoms with Crippen LogP contribution in [0.15, 0.2) is 24.3 Å². The van der Waals surface area contributed by atoms with Crippen LogP contribution in [0.5, 0.6) is 0 Å². The van der Waals surface area contributed by atoms with Crippen molar-refractivity contribution >= 4 is 17.8 Å². The van der Waals surface area contributed by atoms with Gasteiger partial charge in [0.05, 0.1) is 24.7 Å². The quantitative estimate of drug-likeness (QED) is 0.528. The summed E-state index contributed by atoms with van der Waals surface area (Å²) in [6, 6.07) is -1.57. The Bertz CT molecular complexity index is 805. The van der Waals surface area contributed by atoms with Crippen molar-refractivity contribution in [2.45, 2.75) is 57.5 Å². The van der Waals surface area contributed by atoms with Crippen LogP contribution in [-0.4, -0.2) is 82.3 Å². The molecule has 0 bridgehead atoms. The fourth-order valence-electron chi connectivity index (χ4n) is 5.37. The van der Waals surface area contributed by atoms with Crippen LogP contribution in [0.25, 0.3) is 0 Å². The zero-order chi connectivity index (χ0) is 21.8. The summed E-state index contributed by atoms with van der Waals surface area (Å²) in [6.07, 6.45) is 6.49. The van der Waals surface area contributed by atoms with E-state index in [9.17, 15) is 19.5 Å². The van der Waals surface area contributed by atoms with Crippen LogP contribution >= 0.6 is 0 Å². The number of cyclic esters (lactones) is 1. The van der Waals surface area contributed by atoms with Crippen LogP contribution in [0.2, 0.25) is 0 Å². The number of nitrogens with zero attached hydrogens (tertiary/aromatic N) is 2. The maximum Gasteiger partial charge on any atom is 0.313 e. The molecule has 4 rings (SSSR count). The molecule has 2 fully saturated rings. The summed E-state index contributed by atoms with van der Waals surface area (Å²) in [5, 5.41) is 10.1. The first-order valence-electron chi connectivity index (χ1n) is 10.7. The largest absolute Gasteiger partial charge is 0.461 e. The Labute approximate surface area is 176 Å². The SMILES string of the molecule is CC(C)[C@H](CO)N1C(=O)[C@@H]2[C@@H]3C(=O)OCC=C[C@@H]3O[C@@]23C=CCN(C(C)C)C(=O)C13. The second kappa shape index (κ2) is 7.50. The summed E-state index contributed by atoms with van der Waals surface area (Å²) >= 11 is 0. The maximum absolute atomic E-state index is 13.8. The molecule has 4 aliphatic heterocycles. The predicted molar refractivity (Wildman–Crippen MR) is 107 cm³/mol. The average Bonchev–Trinajstić information content (AvgIpc) is 2.97. The van der Waals surface area contributed by atoms with Gasteiger partial charge >= 0.3 is 5.97 Å². The van der Waals surface area contributed by atoms with Gasteiger partial charge in [-0.3, -0.25) is 14.4 Å². The first kappa shape index (κ1) is 21.1. The number of hydrogen-bond donors (Lipinski definition) is 1. The van der Waals surface area contributed by atoms with Crippen LogP contribution in [0, 0.1) is 17.8 Å². The summed E-state index contributed by atoms with van der Waals surface area (Å²) in [7, 11) is 0. The molecule has 8 nitrogen and oxygen atoms in total. The van der Waals surface area contributed by atoms with Gasteiger partial charge in [-0.2, -0.15) is 0 Å². The molecule has 0 aromatic carbocycles. The van der Waals surface area contributed by atoms with Crippen molar-refractivity contribution in [3.63, 3.8) is 0 Å². The maximum atomic E-state index is 13.8. The Morgan fingerprint density at radius 3 is 2.53 bits per heavy atom. The fraction of sp³-hybridized carbons (Fsp3) is 0.682. The van der Waals surface area contributed by atoms with Gasteiger partial charge in [0.1, 0.15) is 24.2 Å². The number of ether oxygens (including phenoxy) is 2. The number of aliphatic hydroxyl groups is 1. The second-order valence-corrected chi connectivity index (χ2v) is 9.13. The van der Waals surface area contributed by atoms with E-state index in [2.05, 4.69) is 0 Å². The number of esters is 1. The molecule has 1 spiro atoms. The molecule has 1 unspecified atom stereocenters. The minimum atomic E-state index is -1.27. The fourth-order valence-corrected chi connectivity index (χ4v) is 5.37. The standard InChI is InChI=1S/C22H30N2O6/c1-12(2)14(11-25)24-18-20(27)23(13(3)4)9-6-8-22(18)17(19(24)26)16-15(30-22)7-5-10-29-21(16)28/h5-8,12-18,25H,9-11H2,1-4H3/t14-,15-,16+,17-,18?,22-/m0/s1. The Balaban J connectivity index is 1.89. The Morgan fingerprint density at radius 1 is 1.17 bits per heavy atom. The number of rotatable bonds is 4. The zero-order valence-electron chi connectivity index (χ0n) is 17.9. The van der Waals surface area contributed by atoms with Gasteiger partial charge in [0.15, 0.2) is 0 Å². The third kappa shape index (κ3) is 2.84. The Hall–Kier alpha value is -2.19. The van der Waals surface area contributed by atoms with Gasteiger partial charge < -0.3 is 24.4 Å². The van der Waals surface area contributed by atoms with Crippen LogP contribution < -0.4 is 0 Å². The molecule has 164 valence electrons. The van der Waals surface area contributed by atoms with Gasteiger partial charge in [0, 0.05) is 12.6 Å². The van der Waals surface area contributed by atoms with Gasteiger partial charge in [-0.05, 0) is 25.8 Å². The van der Waals surface area contributed by atoms with E-state index in [0.29, 0.717) is 6.54 Å². The summed E-state index contributed by atoms with van der Waals surface area (Å²) in [6.45, 7) is 7.91. The van der Waals surface area contributed by atoms with E-state index in [1.807, 2.05) is 33.8 Å². The summed E-state index contributed by atoms with van der Waals surface area (Å²) < 4.78 is 11.7. The zero-order valence-corrected chi connectivity index (χ0v) is 17.9. The highest BCUT2D eigenvalue weighted by Gasteiger charge is 2.72. The highest BCUT2D eigenvalue weighted by molar-refractivity contribution is 5.99. The van der Waals surface area contributed by atoms with E-state index in [4.69, 9.17) is 9.47 Å². The summed E-state index contributed by atoms with van der Waals surface area (Å²) in [5.74, 6) is -2.83. The van der Waals surface area contributed by atoms with E-state index in [1.165, 1.54) is 4.90 Å². The summed E-state index contributed by atoms with van der Waals surface area (Å²) in [4.78, 5) is 43.5.